The normalized spacial score (nSPS) is 11.2. The Bertz CT molecular complexity index is 1620. The second-order valence-corrected chi connectivity index (χ2v) is 11.9. The molecule has 0 saturated heterocycles. The topological polar surface area (TPSA) is 95.6 Å². The molecule has 0 unspecified atom stereocenters. The summed E-state index contributed by atoms with van der Waals surface area (Å²) in [6, 6.07) is 26.5. The molecule has 0 aliphatic carbocycles. The fourth-order valence-corrected chi connectivity index (χ4v) is 5.69. The van der Waals surface area contributed by atoms with E-state index in [4.69, 9.17) is 11.6 Å². The van der Waals surface area contributed by atoms with Crippen molar-refractivity contribution >= 4 is 44.8 Å². The fraction of sp³-hybridized carbons (Fsp3) is 0.161. The lowest BCUT2D eigenvalue weighted by atomic mass is 10.1. The van der Waals surface area contributed by atoms with Gasteiger partial charge in [0.2, 0.25) is 0 Å². The quantitative estimate of drug-likeness (QED) is 0.240. The van der Waals surface area contributed by atoms with Gasteiger partial charge in [-0.05, 0) is 74.9 Å². The van der Waals surface area contributed by atoms with Crippen LogP contribution < -0.4 is 14.9 Å². The molecule has 4 aromatic carbocycles. The molecule has 0 aliphatic heterocycles. The number of nitrogens with one attached hydrogen (secondary N) is 2. The summed E-state index contributed by atoms with van der Waals surface area (Å²) in [6.45, 7) is 5.53. The van der Waals surface area contributed by atoms with Crippen molar-refractivity contribution in [1.29, 1.82) is 0 Å². The standard InChI is InChI=1S/C31H30ClN3O4S/c1-21(2)33-30(36)26-8-4-6-10-28(26)34-31(37)27-9-5-7-11-29(27)35(20-23-14-16-24(32)17-15-23)40(38,39)25-18-12-22(3)13-19-25/h4-19,21H,20H2,1-3H3,(H,33,36)(H,34,37). The minimum Gasteiger partial charge on any atom is -0.350 e. The molecule has 4 rings (SSSR count). The van der Waals surface area contributed by atoms with E-state index in [2.05, 4.69) is 10.6 Å². The molecule has 40 heavy (non-hydrogen) atoms. The number of sulfonamides is 1. The number of nitrogens with zero attached hydrogens (tertiary/aromatic N) is 1. The first-order valence-corrected chi connectivity index (χ1v) is 14.5. The van der Waals surface area contributed by atoms with E-state index in [0.717, 1.165) is 5.56 Å². The highest BCUT2D eigenvalue weighted by Gasteiger charge is 2.29. The number of carbonyl (C=O) groups is 2. The van der Waals surface area contributed by atoms with Gasteiger partial charge in [-0.3, -0.25) is 13.9 Å². The number of halogens is 1. The van der Waals surface area contributed by atoms with Gasteiger partial charge in [-0.25, -0.2) is 8.42 Å². The third-order valence-electron chi connectivity index (χ3n) is 6.11. The Morgan fingerprint density at radius 1 is 0.800 bits per heavy atom. The predicted molar refractivity (Wildman–Crippen MR) is 159 cm³/mol. The third kappa shape index (κ3) is 6.70. The molecule has 0 fully saturated rings. The van der Waals surface area contributed by atoms with Crippen LogP contribution in [0.15, 0.2) is 102 Å². The van der Waals surface area contributed by atoms with Crippen LogP contribution in [0.25, 0.3) is 0 Å². The van der Waals surface area contributed by atoms with E-state index in [9.17, 15) is 18.0 Å². The average Bonchev–Trinajstić information content (AvgIpc) is 2.93. The van der Waals surface area contributed by atoms with Crippen LogP contribution in [0.1, 0.15) is 45.7 Å². The summed E-state index contributed by atoms with van der Waals surface area (Å²) < 4.78 is 29.2. The van der Waals surface area contributed by atoms with Crippen LogP contribution in [0.2, 0.25) is 5.02 Å². The Balaban J connectivity index is 1.77. The maximum absolute atomic E-state index is 14.0. The van der Waals surface area contributed by atoms with Gasteiger partial charge in [0.1, 0.15) is 0 Å². The molecule has 0 spiro atoms. The number of anilines is 2. The first-order valence-electron chi connectivity index (χ1n) is 12.7. The lowest BCUT2D eigenvalue weighted by molar-refractivity contribution is 0.0944. The summed E-state index contributed by atoms with van der Waals surface area (Å²) in [5.74, 6) is -0.883. The first kappa shape index (κ1) is 28.9. The summed E-state index contributed by atoms with van der Waals surface area (Å²) in [5, 5.41) is 6.16. The lowest BCUT2D eigenvalue weighted by Crippen LogP contribution is -2.33. The van der Waals surface area contributed by atoms with Crippen LogP contribution in [0.3, 0.4) is 0 Å². The molecule has 206 valence electrons. The van der Waals surface area contributed by atoms with E-state index in [1.165, 1.54) is 4.31 Å². The molecule has 0 atom stereocenters. The van der Waals surface area contributed by atoms with Gasteiger partial charge in [0.25, 0.3) is 21.8 Å². The van der Waals surface area contributed by atoms with Crippen LogP contribution in [0.5, 0.6) is 0 Å². The highest BCUT2D eigenvalue weighted by molar-refractivity contribution is 7.92. The maximum Gasteiger partial charge on any atom is 0.264 e. The molecular weight excluding hydrogens is 546 g/mol. The van der Waals surface area contributed by atoms with Gasteiger partial charge in [-0.2, -0.15) is 0 Å². The average molecular weight is 576 g/mol. The van der Waals surface area contributed by atoms with Gasteiger partial charge in [0.15, 0.2) is 0 Å². The Morgan fingerprint density at radius 2 is 1.40 bits per heavy atom. The number of rotatable bonds is 9. The Labute approximate surface area is 239 Å². The van der Waals surface area contributed by atoms with Crippen LogP contribution in [-0.4, -0.2) is 26.3 Å². The van der Waals surface area contributed by atoms with Gasteiger partial charge in [-0.15, -0.1) is 0 Å². The molecule has 0 aromatic heterocycles. The van der Waals surface area contributed by atoms with Crippen LogP contribution in [0, 0.1) is 6.92 Å². The van der Waals surface area contributed by atoms with Crippen molar-refractivity contribution in [2.45, 2.75) is 38.3 Å². The van der Waals surface area contributed by atoms with Gasteiger partial charge in [0.05, 0.1) is 33.9 Å². The van der Waals surface area contributed by atoms with Crippen molar-refractivity contribution in [2.24, 2.45) is 0 Å². The molecule has 0 heterocycles. The van der Waals surface area contributed by atoms with Gasteiger partial charge < -0.3 is 10.6 Å². The number of hydrogen-bond acceptors (Lipinski definition) is 4. The van der Waals surface area contributed by atoms with Crippen molar-refractivity contribution in [2.75, 3.05) is 9.62 Å². The van der Waals surface area contributed by atoms with E-state index >= 15 is 0 Å². The Hall–Kier alpha value is -4.14. The zero-order chi connectivity index (χ0) is 28.9. The van der Waals surface area contributed by atoms with Crippen LogP contribution >= 0.6 is 11.6 Å². The predicted octanol–water partition coefficient (Wildman–Crippen LogP) is 6.43. The van der Waals surface area contributed by atoms with E-state index in [1.54, 1.807) is 97.1 Å². The molecule has 0 bridgehead atoms. The minimum absolute atomic E-state index is 0.0367. The first-order chi connectivity index (χ1) is 19.1. The highest BCUT2D eigenvalue weighted by atomic mass is 35.5. The van der Waals surface area contributed by atoms with Crippen LogP contribution in [0.4, 0.5) is 11.4 Å². The maximum atomic E-state index is 14.0. The van der Waals surface area contributed by atoms with Crippen molar-refractivity contribution < 1.29 is 18.0 Å². The minimum atomic E-state index is -4.09. The zero-order valence-electron chi connectivity index (χ0n) is 22.4. The van der Waals surface area contributed by atoms with Crippen LogP contribution in [-0.2, 0) is 16.6 Å². The largest absolute Gasteiger partial charge is 0.350 e. The zero-order valence-corrected chi connectivity index (χ0v) is 24.0. The highest BCUT2D eigenvalue weighted by Crippen LogP contribution is 2.30. The third-order valence-corrected chi connectivity index (χ3v) is 8.13. The van der Waals surface area contributed by atoms with Gasteiger partial charge in [-0.1, -0.05) is 65.7 Å². The lowest BCUT2D eigenvalue weighted by Gasteiger charge is -2.27. The van der Waals surface area contributed by atoms with Crippen molar-refractivity contribution in [3.05, 3.63) is 124 Å². The molecule has 2 N–H and O–H groups in total. The smallest absolute Gasteiger partial charge is 0.264 e. The summed E-state index contributed by atoms with van der Waals surface area (Å²) >= 11 is 6.06. The summed E-state index contributed by atoms with van der Waals surface area (Å²) in [6.07, 6.45) is 0. The number of amides is 2. The summed E-state index contributed by atoms with van der Waals surface area (Å²) in [4.78, 5) is 26.5. The number of hydrogen-bond donors (Lipinski definition) is 2. The van der Waals surface area contributed by atoms with Crippen molar-refractivity contribution in [1.82, 2.24) is 5.32 Å². The molecule has 0 radical (unpaired) electrons. The number of benzene rings is 4. The second kappa shape index (κ2) is 12.4. The van der Waals surface area contributed by atoms with E-state index in [1.807, 2.05) is 20.8 Å². The molecule has 0 aliphatic rings. The molecule has 4 aromatic rings. The Kier molecular flexibility index (Phi) is 8.92. The second-order valence-electron chi connectivity index (χ2n) is 9.60. The van der Waals surface area contributed by atoms with E-state index < -0.39 is 15.9 Å². The molecule has 0 saturated carbocycles. The van der Waals surface area contributed by atoms with Gasteiger partial charge in [0, 0.05) is 11.1 Å². The SMILES string of the molecule is Cc1ccc(S(=O)(=O)N(Cc2ccc(Cl)cc2)c2ccccc2C(=O)Nc2ccccc2C(=O)NC(C)C)cc1. The number of para-hydroxylation sites is 2. The number of aryl methyl sites for hydroxylation is 1. The molecule has 2 amide bonds. The molecular formula is C31H30ClN3O4S. The fourth-order valence-electron chi connectivity index (χ4n) is 4.10. The van der Waals surface area contributed by atoms with Crippen molar-refractivity contribution in [3.63, 3.8) is 0 Å². The van der Waals surface area contributed by atoms with E-state index in [-0.39, 0.29) is 34.6 Å². The van der Waals surface area contributed by atoms with Gasteiger partial charge >= 0.3 is 0 Å². The molecule has 7 nitrogen and oxygen atoms in total. The van der Waals surface area contributed by atoms with Crippen molar-refractivity contribution in [3.8, 4) is 0 Å². The summed E-state index contributed by atoms with van der Waals surface area (Å²) in [7, 11) is -4.09. The van der Waals surface area contributed by atoms with E-state index in [0.29, 0.717) is 21.8 Å². The monoisotopic (exact) mass is 575 g/mol. The Morgan fingerprint density at radius 3 is 2.05 bits per heavy atom. The summed E-state index contributed by atoms with van der Waals surface area (Å²) in [5.41, 5.74) is 2.54. The molecule has 9 heteroatoms. The number of carbonyl (C=O) groups excluding carboxylic acids is 2.